The summed E-state index contributed by atoms with van der Waals surface area (Å²) in [5.74, 6) is -3.48. The SMILES string of the molecule is C[C@@H](Sc1nc(-c2ccc(F)c(F)c2)ns1)C(O)(Cn1cncn1)c1ccc(F)cc1F. The first kappa shape index (κ1) is 22.4. The number of rotatable bonds is 7. The van der Waals surface area contributed by atoms with E-state index >= 15 is 0 Å². The first-order valence-electron chi connectivity index (χ1n) is 9.22. The van der Waals surface area contributed by atoms with Crippen LogP contribution in [0.3, 0.4) is 0 Å². The monoisotopic (exact) mass is 481 g/mol. The first-order valence-corrected chi connectivity index (χ1v) is 10.9. The van der Waals surface area contributed by atoms with E-state index in [1.807, 2.05) is 0 Å². The van der Waals surface area contributed by atoms with Gasteiger partial charge in [0.05, 0.1) is 6.54 Å². The van der Waals surface area contributed by atoms with Crippen molar-refractivity contribution >= 4 is 23.3 Å². The maximum absolute atomic E-state index is 14.6. The summed E-state index contributed by atoms with van der Waals surface area (Å²) in [7, 11) is 0. The molecule has 6 nitrogen and oxygen atoms in total. The molecule has 0 radical (unpaired) electrons. The van der Waals surface area contributed by atoms with Crippen molar-refractivity contribution in [3.63, 3.8) is 0 Å². The molecule has 2 heterocycles. The molecular formula is C20H15F4N5OS2. The van der Waals surface area contributed by atoms with Crippen molar-refractivity contribution in [3.05, 3.63) is 77.9 Å². The molecule has 32 heavy (non-hydrogen) atoms. The lowest BCUT2D eigenvalue weighted by atomic mass is 9.90. The lowest BCUT2D eigenvalue weighted by Gasteiger charge is -2.33. The van der Waals surface area contributed by atoms with E-state index in [-0.39, 0.29) is 17.9 Å². The minimum absolute atomic E-state index is 0.111. The second-order valence-corrected chi connectivity index (χ2v) is 9.25. The number of aliphatic hydroxyl groups is 1. The molecule has 12 heteroatoms. The molecule has 166 valence electrons. The van der Waals surface area contributed by atoms with E-state index in [0.717, 1.165) is 41.5 Å². The fourth-order valence-corrected chi connectivity index (χ4v) is 5.09. The van der Waals surface area contributed by atoms with Gasteiger partial charge in [-0.15, -0.1) is 0 Å². The molecule has 4 rings (SSSR count). The Morgan fingerprint density at radius 1 is 1.09 bits per heavy atom. The Balaban J connectivity index is 1.64. The van der Waals surface area contributed by atoms with Crippen LogP contribution in [-0.2, 0) is 12.1 Å². The predicted octanol–water partition coefficient (Wildman–Crippen LogP) is 4.42. The highest BCUT2D eigenvalue weighted by Crippen LogP contribution is 2.40. The molecule has 2 atom stereocenters. The molecule has 2 aromatic carbocycles. The molecule has 0 saturated carbocycles. The van der Waals surface area contributed by atoms with Crippen LogP contribution in [-0.4, -0.2) is 34.5 Å². The molecule has 2 aromatic heterocycles. The van der Waals surface area contributed by atoms with E-state index in [4.69, 9.17) is 0 Å². The number of nitrogens with zero attached hydrogens (tertiary/aromatic N) is 5. The van der Waals surface area contributed by atoms with Gasteiger partial charge in [-0.25, -0.2) is 32.2 Å². The van der Waals surface area contributed by atoms with Gasteiger partial charge in [0.1, 0.15) is 29.9 Å². The van der Waals surface area contributed by atoms with Crippen LogP contribution in [0.5, 0.6) is 0 Å². The summed E-state index contributed by atoms with van der Waals surface area (Å²) in [6.07, 6.45) is 2.65. The number of benzene rings is 2. The third-order valence-electron chi connectivity index (χ3n) is 4.80. The summed E-state index contributed by atoms with van der Waals surface area (Å²) >= 11 is 2.10. The van der Waals surface area contributed by atoms with Crippen molar-refractivity contribution in [2.75, 3.05) is 0 Å². The van der Waals surface area contributed by atoms with Crippen molar-refractivity contribution in [1.82, 2.24) is 24.1 Å². The van der Waals surface area contributed by atoms with Crippen molar-refractivity contribution in [3.8, 4) is 11.4 Å². The quantitative estimate of drug-likeness (QED) is 0.311. The summed E-state index contributed by atoms with van der Waals surface area (Å²) < 4.78 is 60.7. The van der Waals surface area contributed by atoms with Crippen LogP contribution in [0, 0.1) is 23.3 Å². The number of aromatic nitrogens is 5. The van der Waals surface area contributed by atoms with Crippen LogP contribution in [0.1, 0.15) is 12.5 Å². The maximum atomic E-state index is 14.6. The molecule has 0 fully saturated rings. The molecule has 0 aliphatic carbocycles. The van der Waals surface area contributed by atoms with E-state index in [0.29, 0.717) is 16.0 Å². The minimum Gasteiger partial charge on any atom is -0.382 e. The van der Waals surface area contributed by atoms with Gasteiger partial charge >= 0.3 is 0 Å². The Morgan fingerprint density at radius 3 is 2.59 bits per heavy atom. The molecule has 0 saturated heterocycles. The van der Waals surface area contributed by atoms with Gasteiger partial charge in [0.25, 0.3) is 0 Å². The predicted molar refractivity (Wildman–Crippen MR) is 111 cm³/mol. The molecule has 0 bridgehead atoms. The molecule has 0 spiro atoms. The van der Waals surface area contributed by atoms with Crippen molar-refractivity contribution in [2.24, 2.45) is 0 Å². The second-order valence-electron chi connectivity index (χ2n) is 6.91. The first-order chi connectivity index (χ1) is 15.3. The fourth-order valence-electron chi connectivity index (χ4n) is 3.09. The topological polar surface area (TPSA) is 76.7 Å². The smallest absolute Gasteiger partial charge is 0.174 e. The zero-order valence-corrected chi connectivity index (χ0v) is 18.0. The Hall–Kier alpha value is -2.83. The Morgan fingerprint density at radius 2 is 1.91 bits per heavy atom. The van der Waals surface area contributed by atoms with Crippen LogP contribution >= 0.6 is 23.3 Å². The number of hydrogen-bond acceptors (Lipinski definition) is 7. The highest BCUT2D eigenvalue weighted by molar-refractivity contribution is 8.01. The second kappa shape index (κ2) is 8.96. The van der Waals surface area contributed by atoms with Gasteiger partial charge in [-0.2, -0.15) is 9.47 Å². The molecule has 0 aliphatic rings. The Bertz CT molecular complexity index is 1240. The normalized spacial score (nSPS) is 14.3. The van der Waals surface area contributed by atoms with Crippen LogP contribution in [0.2, 0.25) is 0 Å². The van der Waals surface area contributed by atoms with Gasteiger partial charge in [-0.1, -0.05) is 17.8 Å². The van der Waals surface area contributed by atoms with Crippen molar-refractivity contribution < 1.29 is 22.7 Å². The van der Waals surface area contributed by atoms with Gasteiger partial charge in [-0.05, 0) is 42.7 Å². The summed E-state index contributed by atoms with van der Waals surface area (Å²) in [6, 6.07) is 6.28. The highest BCUT2D eigenvalue weighted by atomic mass is 32.2. The zero-order valence-electron chi connectivity index (χ0n) is 16.4. The van der Waals surface area contributed by atoms with Gasteiger partial charge in [0.2, 0.25) is 0 Å². The van der Waals surface area contributed by atoms with Crippen molar-refractivity contribution in [2.45, 2.75) is 28.7 Å². The van der Waals surface area contributed by atoms with Crippen LogP contribution in [0.4, 0.5) is 17.6 Å². The lowest BCUT2D eigenvalue weighted by Crippen LogP contribution is -2.41. The number of hydrogen-bond donors (Lipinski definition) is 1. The van der Waals surface area contributed by atoms with E-state index in [2.05, 4.69) is 19.4 Å². The molecule has 1 N–H and O–H groups in total. The van der Waals surface area contributed by atoms with E-state index in [1.54, 1.807) is 6.92 Å². The summed E-state index contributed by atoms with van der Waals surface area (Å²) in [5, 5.41) is 14.8. The molecule has 0 amide bonds. The lowest BCUT2D eigenvalue weighted by molar-refractivity contribution is 0.0133. The van der Waals surface area contributed by atoms with Crippen LogP contribution in [0.15, 0.2) is 53.4 Å². The average molecular weight is 482 g/mol. The largest absolute Gasteiger partial charge is 0.382 e. The minimum atomic E-state index is -1.82. The molecule has 1 unspecified atom stereocenters. The van der Waals surface area contributed by atoms with Crippen LogP contribution < -0.4 is 0 Å². The van der Waals surface area contributed by atoms with E-state index in [1.165, 1.54) is 29.5 Å². The standard InChI is InChI=1S/C20H15F4N5OS2/c1-11(31-19-27-18(28-32-19)12-2-5-15(22)17(24)6-12)20(30,8-29-10-25-9-26-29)14-4-3-13(21)7-16(14)23/h2-7,9-11,30H,8H2,1H3/t11-,20?/m1/s1. The van der Waals surface area contributed by atoms with Gasteiger partial charge in [0, 0.05) is 22.4 Å². The molecule has 0 aliphatic heterocycles. The molecular weight excluding hydrogens is 466 g/mol. The van der Waals surface area contributed by atoms with E-state index in [9.17, 15) is 22.7 Å². The van der Waals surface area contributed by atoms with Crippen molar-refractivity contribution in [1.29, 1.82) is 0 Å². The summed E-state index contributed by atoms with van der Waals surface area (Å²) in [6.45, 7) is 1.50. The van der Waals surface area contributed by atoms with Gasteiger partial charge < -0.3 is 5.11 Å². The fraction of sp³-hybridized carbons (Fsp3) is 0.200. The van der Waals surface area contributed by atoms with Crippen LogP contribution in [0.25, 0.3) is 11.4 Å². The highest BCUT2D eigenvalue weighted by Gasteiger charge is 2.40. The Kier molecular flexibility index (Phi) is 6.26. The Labute approximate surface area is 188 Å². The third kappa shape index (κ3) is 4.52. The summed E-state index contributed by atoms with van der Waals surface area (Å²) in [4.78, 5) is 8.15. The maximum Gasteiger partial charge on any atom is 0.174 e. The number of halogens is 4. The number of thioether (sulfide) groups is 1. The average Bonchev–Trinajstić information content (AvgIpc) is 3.42. The molecule has 4 aromatic rings. The van der Waals surface area contributed by atoms with E-state index < -0.39 is 34.1 Å². The zero-order chi connectivity index (χ0) is 22.9. The summed E-state index contributed by atoms with van der Waals surface area (Å²) in [5.41, 5.74) is -1.63. The van der Waals surface area contributed by atoms with Gasteiger partial charge in [0.15, 0.2) is 21.8 Å². The van der Waals surface area contributed by atoms with Gasteiger partial charge in [-0.3, -0.25) is 0 Å². The third-order valence-corrected chi connectivity index (χ3v) is 6.86.